The van der Waals surface area contributed by atoms with Crippen molar-refractivity contribution in [3.8, 4) is 6.07 Å². The number of halogens is 6. The van der Waals surface area contributed by atoms with Crippen molar-refractivity contribution in [2.75, 3.05) is 5.32 Å². The number of aromatic amines is 1. The Labute approximate surface area is 140 Å². The number of hydrogen-bond donors (Lipinski definition) is 3. The van der Waals surface area contributed by atoms with Gasteiger partial charge in [-0.3, -0.25) is 0 Å². The average molecular weight is 378 g/mol. The van der Waals surface area contributed by atoms with E-state index < -0.39 is 29.2 Å². The molecule has 0 saturated heterocycles. The largest absolute Gasteiger partial charge is 0.430 e. The van der Waals surface area contributed by atoms with E-state index in [0.29, 0.717) is 6.07 Å². The van der Waals surface area contributed by atoms with E-state index >= 15 is 0 Å². The average Bonchev–Trinajstić information content (AvgIpc) is 3.07. The van der Waals surface area contributed by atoms with E-state index in [0.717, 1.165) is 24.4 Å². The minimum atomic E-state index is -6.04. The molecule has 1 aromatic carbocycles. The Hall–Kier alpha value is -3.14. The molecule has 2 aromatic rings. The summed E-state index contributed by atoms with van der Waals surface area (Å²) in [5.41, 5.74) is -7.64. The number of anilines is 1. The van der Waals surface area contributed by atoms with Crippen molar-refractivity contribution in [1.29, 1.82) is 5.26 Å². The first-order valence-electron chi connectivity index (χ1n) is 6.58. The number of allylic oxidation sites excluding steroid dienone is 1. The van der Waals surface area contributed by atoms with E-state index in [1.807, 2.05) is 5.21 Å². The molecule has 0 fully saturated rings. The van der Waals surface area contributed by atoms with E-state index in [1.54, 1.807) is 6.07 Å². The maximum atomic E-state index is 13.1. The van der Waals surface area contributed by atoms with Crippen molar-refractivity contribution in [3.63, 3.8) is 0 Å². The van der Waals surface area contributed by atoms with Gasteiger partial charge in [0.25, 0.3) is 5.60 Å². The normalized spacial score (nSPS) is 13.4. The minimum absolute atomic E-state index is 0.237. The lowest BCUT2D eigenvalue weighted by atomic mass is 9.90. The molecule has 13 heteroatoms. The Morgan fingerprint density at radius 3 is 2.27 bits per heavy atom. The second-order valence-electron chi connectivity index (χ2n) is 4.80. The van der Waals surface area contributed by atoms with Crippen LogP contribution < -0.4 is 5.32 Å². The quantitative estimate of drug-likeness (QED) is 0.557. The summed E-state index contributed by atoms with van der Waals surface area (Å²) in [6, 6.07) is 4.99. The van der Waals surface area contributed by atoms with Crippen LogP contribution in [0.15, 0.2) is 30.5 Å². The number of aliphatic hydroxyl groups is 1. The Kier molecular flexibility index (Phi) is 4.90. The molecule has 0 unspecified atom stereocenters. The van der Waals surface area contributed by atoms with Gasteiger partial charge in [-0.1, -0.05) is 18.2 Å². The second-order valence-corrected chi connectivity index (χ2v) is 4.80. The molecule has 0 saturated carbocycles. The molecule has 2 rings (SSSR count). The summed E-state index contributed by atoms with van der Waals surface area (Å²) in [6.45, 7) is 0. The number of nitrogens with zero attached hydrogens (tertiary/aromatic N) is 4. The molecule has 1 aromatic heterocycles. The second kappa shape index (κ2) is 6.64. The van der Waals surface area contributed by atoms with Crippen LogP contribution in [0.2, 0.25) is 0 Å². The Bertz CT molecular complexity index is 822. The molecule has 1 heterocycles. The van der Waals surface area contributed by atoms with Gasteiger partial charge >= 0.3 is 12.4 Å². The third-order valence-electron chi connectivity index (χ3n) is 3.22. The molecular formula is C13H8F6N6O. The number of tetrazole rings is 1. The van der Waals surface area contributed by atoms with Gasteiger partial charge in [0.15, 0.2) is 0 Å². The molecular weight excluding hydrogens is 370 g/mol. The summed E-state index contributed by atoms with van der Waals surface area (Å²) in [7, 11) is 0. The van der Waals surface area contributed by atoms with Gasteiger partial charge in [-0.2, -0.15) is 36.8 Å². The van der Waals surface area contributed by atoms with E-state index in [9.17, 15) is 31.4 Å². The third kappa shape index (κ3) is 3.31. The first-order chi connectivity index (χ1) is 12.0. The fraction of sp³-hybridized carbons (Fsp3) is 0.231. The Balaban J connectivity index is 2.53. The maximum absolute atomic E-state index is 13.1. The molecule has 0 radical (unpaired) electrons. The Morgan fingerprint density at radius 2 is 1.77 bits per heavy atom. The Morgan fingerprint density at radius 1 is 1.15 bits per heavy atom. The van der Waals surface area contributed by atoms with E-state index in [2.05, 4.69) is 20.7 Å². The summed E-state index contributed by atoms with van der Waals surface area (Å²) in [4.78, 5) is 0. The molecule has 0 spiro atoms. The summed E-state index contributed by atoms with van der Waals surface area (Å²) >= 11 is 0. The van der Waals surface area contributed by atoms with Crippen LogP contribution in [0.4, 0.5) is 32.0 Å². The highest BCUT2D eigenvalue weighted by Crippen LogP contribution is 2.51. The van der Waals surface area contributed by atoms with Gasteiger partial charge in [0, 0.05) is 17.5 Å². The molecule has 0 aliphatic carbocycles. The molecule has 138 valence electrons. The van der Waals surface area contributed by atoms with E-state index in [-0.39, 0.29) is 11.4 Å². The number of para-hydroxylation sites is 1. The van der Waals surface area contributed by atoms with Gasteiger partial charge < -0.3 is 10.4 Å². The fourth-order valence-electron chi connectivity index (χ4n) is 1.96. The van der Waals surface area contributed by atoms with Crippen LogP contribution in [0.3, 0.4) is 0 Å². The lowest BCUT2D eigenvalue weighted by molar-refractivity contribution is -0.376. The number of nitriles is 1. The molecule has 0 aliphatic rings. The standard InChI is InChI=1S/C13H8F6N6O/c14-12(15,16)11(26,13(17,18)19)8-3-1-2-4-9(8)21-6-7(5-20)10-22-24-25-23-10/h1-4,6,21,26H,(H,22,23,24,25). The number of H-pyrrole nitrogens is 1. The van der Waals surface area contributed by atoms with Crippen LogP contribution in [-0.4, -0.2) is 38.1 Å². The zero-order valence-electron chi connectivity index (χ0n) is 12.4. The van der Waals surface area contributed by atoms with Crippen molar-refractivity contribution < 1.29 is 31.4 Å². The minimum Gasteiger partial charge on any atom is -0.369 e. The first-order valence-corrected chi connectivity index (χ1v) is 6.58. The number of hydrogen-bond acceptors (Lipinski definition) is 6. The van der Waals surface area contributed by atoms with E-state index in [1.165, 1.54) is 0 Å². The monoisotopic (exact) mass is 378 g/mol. The molecule has 7 nitrogen and oxygen atoms in total. The fourth-order valence-corrected chi connectivity index (χ4v) is 1.96. The van der Waals surface area contributed by atoms with Gasteiger partial charge in [0.05, 0.1) is 0 Å². The van der Waals surface area contributed by atoms with Crippen LogP contribution in [-0.2, 0) is 5.60 Å². The molecule has 0 bridgehead atoms. The summed E-state index contributed by atoms with van der Waals surface area (Å²) in [5, 5.41) is 32.8. The van der Waals surface area contributed by atoms with Gasteiger partial charge in [-0.15, -0.1) is 10.2 Å². The maximum Gasteiger partial charge on any atom is 0.430 e. The highest BCUT2D eigenvalue weighted by molar-refractivity contribution is 5.74. The van der Waals surface area contributed by atoms with E-state index in [4.69, 9.17) is 5.26 Å². The zero-order chi connectivity index (χ0) is 19.6. The lowest BCUT2D eigenvalue weighted by Crippen LogP contribution is -2.54. The number of nitrogens with one attached hydrogen (secondary N) is 2. The van der Waals surface area contributed by atoms with Crippen molar-refractivity contribution in [3.05, 3.63) is 41.9 Å². The highest BCUT2D eigenvalue weighted by Gasteiger charge is 2.72. The number of aromatic nitrogens is 4. The summed E-state index contributed by atoms with van der Waals surface area (Å²) in [5.74, 6) is -0.237. The highest BCUT2D eigenvalue weighted by atomic mass is 19.4. The van der Waals surface area contributed by atoms with Gasteiger partial charge in [0.2, 0.25) is 5.82 Å². The predicted octanol–water partition coefficient (Wildman–Crippen LogP) is 2.49. The first kappa shape index (κ1) is 19.2. The van der Waals surface area contributed by atoms with Crippen molar-refractivity contribution >= 4 is 11.3 Å². The van der Waals surface area contributed by atoms with Crippen LogP contribution >= 0.6 is 0 Å². The summed E-state index contributed by atoms with van der Waals surface area (Å²) in [6.07, 6.45) is -11.3. The van der Waals surface area contributed by atoms with Gasteiger partial charge in [-0.25, -0.2) is 0 Å². The predicted molar refractivity (Wildman–Crippen MR) is 73.8 cm³/mol. The number of benzene rings is 1. The SMILES string of the molecule is N#CC(=CNc1ccccc1C(O)(C(F)(F)F)C(F)(F)F)c1nn[nH]n1. The van der Waals surface area contributed by atoms with Crippen molar-refractivity contribution in [1.82, 2.24) is 20.6 Å². The van der Waals surface area contributed by atoms with Crippen LogP contribution in [0, 0.1) is 11.3 Å². The zero-order valence-corrected chi connectivity index (χ0v) is 12.4. The van der Waals surface area contributed by atoms with Crippen molar-refractivity contribution in [2.45, 2.75) is 18.0 Å². The lowest BCUT2D eigenvalue weighted by Gasteiger charge is -2.33. The summed E-state index contributed by atoms with van der Waals surface area (Å²) < 4.78 is 78.3. The number of alkyl halides is 6. The topological polar surface area (TPSA) is 111 Å². The van der Waals surface area contributed by atoms with Crippen LogP contribution in [0.5, 0.6) is 0 Å². The molecule has 3 N–H and O–H groups in total. The molecule has 0 atom stereocenters. The van der Waals surface area contributed by atoms with Crippen LogP contribution in [0.25, 0.3) is 5.57 Å². The molecule has 0 aliphatic heterocycles. The smallest absolute Gasteiger partial charge is 0.369 e. The van der Waals surface area contributed by atoms with Gasteiger partial charge in [0.1, 0.15) is 11.6 Å². The third-order valence-corrected chi connectivity index (χ3v) is 3.22. The molecule has 26 heavy (non-hydrogen) atoms. The van der Waals surface area contributed by atoms with Crippen LogP contribution in [0.1, 0.15) is 11.4 Å². The number of rotatable bonds is 4. The van der Waals surface area contributed by atoms with Gasteiger partial charge in [-0.05, 0) is 11.3 Å². The van der Waals surface area contributed by atoms with Crippen molar-refractivity contribution in [2.24, 2.45) is 0 Å². The molecule has 0 amide bonds.